The van der Waals surface area contributed by atoms with Crippen molar-refractivity contribution in [2.75, 3.05) is 12.0 Å². The van der Waals surface area contributed by atoms with Crippen LogP contribution in [0.25, 0.3) is 0 Å². The fourth-order valence-electron chi connectivity index (χ4n) is 2.61. The third-order valence-electron chi connectivity index (χ3n) is 3.57. The quantitative estimate of drug-likeness (QED) is 0.885. The first-order chi connectivity index (χ1) is 10.1. The summed E-state index contributed by atoms with van der Waals surface area (Å²) in [7, 11) is -0.793. The highest BCUT2D eigenvalue weighted by Gasteiger charge is 2.18. The fraction of sp³-hybridized carbons (Fsp3) is 0.333. The molecule has 0 heterocycles. The number of benzene rings is 2. The van der Waals surface area contributed by atoms with E-state index in [2.05, 4.69) is 67.7 Å². The normalized spacial score (nSPS) is 15.4. The van der Waals surface area contributed by atoms with Gasteiger partial charge in [-0.2, -0.15) is 0 Å². The molecule has 0 fully saturated rings. The van der Waals surface area contributed by atoms with Crippen molar-refractivity contribution in [2.45, 2.75) is 25.9 Å². The van der Waals surface area contributed by atoms with Gasteiger partial charge >= 0.3 is 0 Å². The van der Waals surface area contributed by atoms with Gasteiger partial charge in [0.2, 0.25) is 0 Å². The fourth-order valence-corrected chi connectivity index (χ4v) is 3.41. The smallest absolute Gasteiger partial charge is 0.0581 e. The van der Waals surface area contributed by atoms with E-state index in [0.29, 0.717) is 5.75 Å². The molecule has 2 aromatic carbocycles. The van der Waals surface area contributed by atoms with Crippen LogP contribution in [0.4, 0.5) is 0 Å². The lowest BCUT2D eigenvalue weighted by atomic mass is 9.94. The van der Waals surface area contributed by atoms with E-state index in [-0.39, 0.29) is 12.1 Å². The zero-order chi connectivity index (χ0) is 15.2. The summed E-state index contributed by atoms with van der Waals surface area (Å²) >= 11 is 0. The maximum atomic E-state index is 11.4. The summed E-state index contributed by atoms with van der Waals surface area (Å²) in [5, 5.41) is 3.63. The van der Waals surface area contributed by atoms with Crippen molar-refractivity contribution in [2.24, 2.45) is 0 Å². The molecule has 0 bridgehead atoms. The minimum Gasteiger partial charge on any atom is -0.303 e. The van der Waals surface area contributed by atoms with Crippen LogP contribution in [0, 0.1) is 6.92 Å². The molecule has 2 rings (SSSR count). The molecular formula is C18H23NOS. The molecule has 0 radical (unpaired) electrons. The van der Waals surface area contributed by atoms with Gasteiger partial charge < -0.3 is 5.32 Å². The summed E-state index contributed by atoms with van der Waals surface area (Å²) in [6.07, 6.45) is 1.75. The highest BCUT2D eigenvalue weighted by molar-refractivity contribution is 7.84. The number of hydrogen-bond donors (Lipinski definition) is 1. The molecule has 2 nitrogen and oxygen atoms in total. The van der Waals surface area contributed by atoms with Gasteiger partial charge in [0.05, 0.1) is 6.04 Å². The molecule has 112 valence electrons. The number of rotatable bonds is 6. The van der Waals surface area contributed by atoms with E-state index in [1.54, 1.807) is 6.26 Å². The minimum atomic E-state index is -0.793. The third kappa shape index (κ3) is 4.51. The van der Waals surface area contributed by atoms with Gasteiger partial charge in [-0.1, -0.05) is 54.6 Å². The molecule has 21 heavy (non-hydrogen) atoms. The topological polar surface area (TPSA) is 29.1 Å². The van der Waals surface area contributed by atoms with Crippen LogP contribution in [-0.2, 0) is 10.8 Å². The van der Waals surface area contributed by atoms with Gasteiger partial charge in [-0.3, -0.25) is 4.21 Å². The molecule has 3 heteroatoms. The van der Waals surface area contributed by atoms with Crippen molar-refractivity contribution in [1.29, 1.82) is 0 Å². The molecule has 3 unspecified atom stereocenters. The van der Waals surface area contributed by atoms with Gasteiger partial charge in [-0.25, -0.2) is 0 Å². The molecular weight excluding hydrogens is 278 g/mol. The Morgan fingerprint density at radius 1 is 1.05 bits per heavy atom. The van der Waals surface area contributed by atoms with E-state index in [4.69, 9.17) is 0 Å². The van der Waals surface area contributed by atoms with Crippen molar-refractivity contribution in [3.63, 3.8) is 0 Å². The van der Waals surface area contributed by atoms with E-state index in [9.17, 15) is 4.21 Å². The Morgan fingerprint density at radius 3 is 2.29 bits per heavy atom. The molecule has 0 aliphatic carbocycles. The highest BCUT2D eigenvalue weighted by Crippen LogP contribution is 2.25. The summed E-state index contributed by atoms with van der Waals surface area (Å²) in [6, 6.07) is 19.2. The van der Waals surface area contributed by atoms with Gasteiger partial charge in [-0.15, -0.1) is 0 Å². The zero-order valence-corrected chi connectivity index (χ0v) is 13.7. The summed E-state index contributed by atoms with van der Waals surface area (Å²) in [4.78, 5) is 0. The number of nitrogens with one attached hydrogen (secondary N) is 1. The van der Waals surface area contributed by atoms with Crippen LogP contribution >= 0.6 is 0 Å². The summed E-state index contributed by atoms with van der Waals surface area (Å²) in [5.74, 6) is 0.662. The van der Waals surface area contributed by atoms with E-state index in [0.717, 1.165) is 0 Å². The summed E-state index contributed by atoms with van der Waals surface area (Å²) in [6.45, 7) is 4.23. The average Bonchev–Trinajstić information content (AvgIpc) is 2.46. The maximum absolute atomic E-state index is 11.4. The second-order valence-corrected chi connectivity index (χ2v) is 6.99. The second kappa shape index (κ2) is 7.53. The maximum Gasteiger partial charge on any atom is 0.0581 e. The van der Waals surface area contributed by atoms with Crippen LogP contribution in [0.5, 0.6) is 0 Å². The van der Waals surface area contributed by atoms with Crippen molar-refractivity contribution in [3.8, 4) is 0 Å². The van der Waals surface area contributed by atoms with Crippen molar-refractivity contribution in [3.05, 3.63) is 71.3 Å². The van der Waals surface area contributed by atoms with Crippen molar-refractivity contribution in [1.82, 2.24) is 5.32 Å². The lowest BCUT2D eigenvalue weighted by Gasteiger charge is -2.25. The first kappa shape index (κ1) is 15.9. The second-order valence-electron chi connectivity index (χ2n) is 5.51. The molecule has 0 spiro atoms. The Hall–Kier alpha value is -1.45. The lowest BCUT2D eigenvalue weighted by Crippen LogP contribution is -2.35. The molecule has 0 aliphatic heterocycles. The molecule has 0 amide bonds. The van der Waals surface area contributed by atoms with Gasteiger partial charge in [0.25, 0.3) is 0 Å². The van der Waals surface area contributed by atoms with E-state index >= 15 is 0 Å². The molecule has 3 atom stereocenters. The Balaban J connectivity index is 2.32. The highest BCUT2D eigenvalue weighted by atomic mass is 32.2. The van der Waals surface area contributed by atoms with Crippen molar-refractivity contribution < 1.29 is 4.21 Å². The van der Waals surface area contributed by atoms with Crippen LogP contribution < -0.4 is 5.32 Å². The van der Waals surface area contributed by atoms with Crippen LogP contribution in [-0.4, -0.2) is 22.3 Å². The Labute approximate surface area is 130 Å². The largest absolute Gasteiger partial charge is 0.303 e. The van der Waals surface area contributed by atoms with Crippen LogP contribution in [0.3, 0.4) is 0 Å². The monoisotopic (exact) mass is 301 g/mol. The molecule has 0 saturated heterocycles. The van der Waals surface area contributed by atoms with E-state index < -0.39 is 10.8 Å². The summed E-state index contributed by atoms with van der Waals surface area (Å²) in [5.41, 5.74) is 3.78. The third-order valence-corrected chi connectivity index (χ3v) is 4.54. The first-order valence-electron chi connectivity index (χ1n) is 7.24. The van der Waals surface area contributed by atoms with E-state index in [1.807, 2.05) is 6.07 Å². The molecule has 1 N–H and O–H groups in total. The Kier molecular flexibility index (Phi) is 5.71. The molecule has 0 aliphatic rings. The Morgan fingerprint density at radius 2 is 1.67 bits per heavy atom. The molecule has 0 aromatic heterocycles. The number of aryl methyl sites for hydroxylation is 1. The molecule has 2 aromatic rings. The predicted molar refractivity (Wildman–Crippen MR) is 91.0 cm³/mol. The molecule has 0 saturated carbocycles. The SMILES string of the molecule is Cc1ccccc1C(NC(C)CS(C)=O)c1ccccc1. The van der Waals surface area contributed by atoms with Gasteiger partial charge in [0.15, 0.2) is 0 Å². The van der Waals surface area contributed by atoms with Crippen LogP contribution in [0.15, 0.2) is 54.6 Å². The zero-order valence-electron chi connectivity index (χ0n) is 12.9. The first-order valence-corrected chi connectivity index (χ1v) is 8.97. The Bertz CT molecular complexity index is 597. The minimum absolute atomic E-state index is 0.131. The van der Waals surface area contributed by atoms with Gasteiger partial charge in [0, 0.05) is 28.9 Å². The van der Waals surface area contributed by atoms with Gasteiger partial charge in [0.1, 0.15) is 0 Å². The standard InChI is InChI=1S/C18H23NOS/c1-14-9-7-8-12-17(14)18(16-10-5-4-6-11-16)19-15(2)13-21(3)20/h4-12,15,18-19H,13H2,1-3H3. The van der Waals surface area contributed by atoms with Crippen molar-refractivity contribution >= 4 is 10.8 Å². The predicted octanol–water partition coefficient (Wildman–Crippen LogP) is 3.44. The van der Waals surface area contributed by atoms with Crippen LogP contribution in [0.2, 0.25) is 0 Å². The lowest BCUT2D eigenvalue weighted by molar-refractivity contribution is 0.528. The van der Waals surface area contributed by atoms with Crippen LogP contribution in [0.1, 0.15) is 29.7 Å². The summed E-state index contributed by atoms with van der Waals surface area (Å²) < 4.78 is 11.4. The van der Waals surface area contributed by atoms with Gasteiger partial charge in [-0.05, 0) is 30.5 Å². The number of hydrogen-bond acceptors (Lipinski definition) is 2. The average molecular weight is 301 g/mol. The van der Waals surface area contributed by atoms with E-state index in [1.165, 1.54) is 16.7 Å².